The fraction of sp³-hybridized carbons (Fsp3) is 0.778. The third-order valence-electron chi connectivity index (χ3n) is 5.89. The minimum absolute atomic E-state index is 0.00198. The molecule has 1 N–H and O–H groups in total. The molecule has 0 aromatic carbocycles. The van der Waals surface area contributed by atoms with E-state index < -0.39 is 44.0 Å². The number of nitrogens with one attached hydrogen (secondary N) is 1. The SMILES string of the molecule is C[C@@H](O[Si](C)(C)C(C)(C)C)[C@H]1C(=O)N[C@@H]1[C@@H](C)C(=O)ON1C(=O)CCC1=O. The maximum atomic E-state index is 12.4. The Morgan fingerprint density at radius 3 is 2.11 bits per heavy atom. The molecule has 0 saturated carbocycles. The van der Waals surface area contributed by atoms with Gasteiger partial charge in [0.15, 0.2) is 8.32 Å². The van der Waals surface area contributed by atoms with Crippen LogP contribution in [0.15, 0.2) is 0 Å². The maximum absolute atomic E-state index is 12.4. The van der Waals surface area contributed by atoms with E-state index in [0.717, 1.165) is 0 Å². The molecular formula is C18H30N2O6Si. The molecule has 0 aliphatic carbocycles. The molecule has 0 aromatic heterocycles. The molecule has 0 spiro atoms. The van der Waals surface area contributed by atoms with E-state index in [1.807, 2.05) is 6.92 Å². The van der Waals surface area contributed by atoms with Crippen LogP contribution >= 0.6 is 0 Å². The van der Waals surface area contributed by atoms with Crippen molar-refractivity contribution in [3.05, 3.63) is 0 Å². The highest BCUT2D eigenvalue weighted by atomic mass is 28.4. The summed E-state index contributed by atoms with van der Waals surface area (Å²) in [4.78, 5) is 52.8. The predicted octanol–water partition coefficient (Wildman–Crippen LogP) is 1.75. The molecule has 0 unspecified atom stereocenters. The van der Waals surface area contributed by atoms with Crippen LogP contribution in [0.1, 0.15) is 47.5 Å². The van der Waals surface area contributed by atoms with Crippen molar-refractivity contribution >= 4 is 32.0 Å². The summed E-state index contributed by atoms with van der Waals surface area (Å²) in [6.45, 7) is 14.0. The summed E-state index contributed by atoms with van der Waals surface area (Å²) < 4.78 is 6.31. The average molecular weight is 399 g/mol. The lowest BCUT2D eigenvalue weighted by Gasteiger charge is -2.46. The van der Waals surface area contributed by atoms with E-state index in [1.54, 1.807) is 6.92 Å². The average Bonchev–Trinajstić information content (AvgIpc) is 2.81. The van der Waals surface area contributed by atoms with Gasteiger partial charge in [-0.1, -0.05) is 20.8 Å². The Hall–Kier alpha value is -1.74. The van der Waals surface area contributed by atoms with Crippen LogP contribution in [0.25, 0.3) is 0 Å². The number of hydrogen-bond acceptors (Lipinski definition) is 6. The van der Waals surface area contributed by atoms with Crippen molar-refractivity contribution in [3.8, 4) is 0 Å². The van der Waals surface area contributed by atoms with E-state index in [-0.39, 0.29) is 29.9 Å². The van der Waals surface area contributed by atoms with Gasteiger partial charge in [0, 0.05) is 12.8 Å². The van der Waals surface area contributed by atoms with Crippen LogP contribution in [0.3, 0.4) is 0 Å². The number of nitrogens with zero attached hydrogens (tertiary/aromatic N) is 1. The van der Waals surface area contributed by atoms with E-state index in [1.165, 1.54) is 0 Å². The molecular weight excluding hydrogens is 368 g/mol. The van der Waals surface area contributed by atoms with Gasteiger partial charge in [0.05, 0.1) is 24.0 Å². The Balaban J connectivity index is 2.03. The molecule has 4 atom stereocenters. The number of β-lactam (4-membered cyclic amide) rings is 1. The van der Waals surface area contributed by atoms with E-state index >= 15 is 0 Å². The Morgan fingerprint density at radius 2 is 1.67 bits per heavy atom. The summed E-state index contributed by atoms with van der Waals surface area (Å²) in [5.74, 6) is -3.12. The molecule has 3 amide bonds. The smallest absolute Gasteiger partial charge is 0.338 e. The summed E-state index contributed by atoms with van der Waals surface area (Å²) in [7, 11) is -2.08. The van der Waals surface area contributed by atoms with Crippen LogP contribution < -0.4 is 5.32 Å². The first-order valence-electron chi connectivity index (χ1n) is 9.32. The van der Waals surface area contributed by atoms with Gasteiger partial charge in [-0.2, -0.15) is 0 Å². The van der Waals surface area contributed by atoms with E-state index in [0.29, 0.717) is 5.06 Å². The van der Waals surface area contributed by atoms with Crippen molar-refractivity contribution in [2.24, 2.45) is 11.8 Å². The summed E-state index contributed by atoms with van der Waals surface area (Å²) in [6, 6.07) is -0.461. The number of hydroxylamine groups is 2. The molecule has 0 radical (unpaired) electrons. The predicted molar refractivity (Wildman–Crippen MR) is 99.5 cm³/mol. The van der Waals surface area contributed by atoms with E-state index in [2.05, 4.69) is 39.2 Å². The van der Waals surface area contributed by atoms with Crippen LogP contribution in [0.4, 0.5) is 0 Å². The molecule has 27 heavy (non-hydrogen) atoms. The molecule has 2 saturated heterocycles. The second kappa shape index (κ2) is 7.35. The lowest BCUT2D eigenvalue weighted by Crippen LogP contribution is -2.67. The lowest BCUT2D eigenvalue weighted by atomic mass is 9.79. The standard InChI is InChI=1S/C18H30N2O6Si/c1-10(17(24)25-20-12(21)8-9-13(20)22)15-14(16(23)19-15)11(2)26-27(6,7)18(3,4)5/h10-11,14-15H,8-9H2,1-7H3,(H,19,23)/t10-,11-,14-,15-/m1/s1. The highest BCUT2D eigenvalue weighted by Gasteiger charge is 2.51. The van der Waals surface area contributed by atoms with Gasteiger partial charge in [-0.15, -0.1) is 5.06 Å². The van der Waals surface area contributed by atoms with Gasteiger partial charge in [-0.05, 0) is 32.0 Å². The number of amides is 3. The molecule has 2 rings (SSSR count). The first kappa shape index (κ1) is 21.6. The molecule has 2 heterocycles. The first-order chi connectivity index (χ1) is 12.3. The minimum Gasteiger partial charge on any atom is -0.413 e. The van der Waals surface area contributed by atoms with Crippen LogP contribution in [-0.2, 0) is 28.4 Å². The van der Waals surface area contributed by atoms with Crippen molar-refractivity contribution in [2.75, 3.05) is 0 Å². The number of carbonyl (C=O) groups excluding carboxylic acids is 4. The van der Waals surface area contributed by atoms with Crippen LogP contribution in [0, 0.1) is 11.8 Å². The van der Waals surface area contributed by atoms with Crippen LogP contribution in [0.2, 0.25) is 18.1 Å². The molecule has 9 heteroatoms. The molecule has 152 valence electrons. The zero-order valence-corrected chi connectivity index (χ0v) is 18.1. The fourth-order valence-corrected chi connectivity index (χ4v) is 4.48. The summed E-state index contributed by atoms with van der Waals surface area (Å²) >= 11 is 0. The zero-order valence-electron chi connectivity index (χ0n) is 17.1. The monoisotopic (exact) mass is 398 g/mol. The topological polar surface area (TPSA) is 102 Å². The second-order valence-electron chi connectivity index (χ2n) is 8.92. The lowest BCUT2D eigenvalue weighted by molar-refractivity contribution is -0.202. The van der Waals surface area contributed by atoms with Gasteiger partial charge >= 0.3 is 5.97 Å². The number of rotatable bonds is 6. The van der Waals surface area contributed by atoms with Gasteiger partial charge in [-0.25, -0.2) is 4.79 Å². The molecule has 0 aromatic rings. The second-order valence-corrected chi connectivity index (χ2v) is 13.7. The van der Waals surface area contributed by atoms with E-state index in [4.69, 9.17) is 9.26 Å². The number of hydrogen-bond donors (Lipinski definition) is 1. The fourth-order valence-electron chi connectivity index (χ4n) is 3.05. The molecule has 2 aliphatic heterocycles. The maximum Gasteiger partial charge on any atom is 0.338 e. The van der Waals surface area contributed by atoms with Gasteiger partial charge in [0.2, 0.25) is 5.91 Å². The third-order valence-corrected chi connectivity index (χ3v) is 10.5. The van der Waals surface area contributed by atoms with Crippen LogP contribution in [-0.4, -0.2) is 49.2 Å². The molecule has 8 nitrogen and oxygen atoms in total. The number of imide groups is 1. The van der Waals surface area contributed by atoms with Gasteiger partial charge in [-0.3, -0.25) is 14.4 Å². The quantitative estimate of drug-likeness (QED) is 0.415. The third kappa shape index (κ3) is 4.24. The normalized spacial score (nSPS) is 25.7. The summed E-state index contributed by atoms with van der Waals surface area (Å²) in [5, 5.41) is 3.26. The van der Waals surface area contributed by atoms with Crippen molar-refractivity contribution in [1.82, 2.24) is 10.4 Å². The van der Waals surface area contributed by atoms with E-state index in [9.17, 15) is 19.2 Å². The summed E-state index contributed by atoms with van der Waals surface area (Å²) in [6.07, 6.45) is -0.267. The largest absolute Gasteiger partial charge is 0.413 e. The van der Waals surface area contributed by atoms with Gasteiger partial charge in [0.1, 0.15) is 0 Å². The highest BCUT2D eigenvalue weighted by molar-refractivity contribution is 6.74. The van der Waals surface area contributed by atoms with Crippen molar-refractivity contribution < 1.29 is 28.4 Å². The first-order valence-corrected chi connectivity index (χ1v) is 12.2. The van der Waals surface area contributed by atoms with Crippen molar-refractivity contribution in [3.63, 3.8) is 0 Å². The van der Waals surface area contributed by atoms with Crippen molar-refractivity contribution in [1.29, 1.82) is 0 Å². The Labute approximate surface area is 161 Å². The minimum atomic E-state index is -2.08. The summed E-state index contributed by atoms with van der Waals surface area (Å²) in [5.41, 5.74) is 0. The Kier molecular flexibility index (Phi) is 5.87. The molecule has 2 fully saturated rings. The highest BCUT2D eigenvalue weighted by Crippen LogP contribution is 2.39. The van der Waals surface area contributed by atoms with Crippen molar-refractivity contribution in [2.45, 2.75) is 77.7 Å². The Bertz CT molecular complexity index is 641. The zero-order chi connectivity index (χ0) is 20.7. The number of carbonyl (C=O) groups is 4. The molecule has 0 bridgehead atoms. The molecule has 2 aliphatic rings. The Morgan fingerprint density at radius 1 is 1.15 bits per heavy atom. The van der Waals surface area contributed by atoms with Gasteiger partial charge < -0.3 is 14.6 Å². The van der Waals surface area contributed by atoms with Gasteiger partial charge in [0.25, 0.3) is 11.8 Å². The van der Waals surface area contributed by atoms with Crippen LogP contribution in [0.5, 0.6) is 0 Å².